The van der Waals surface area contributed by atoms with E-state index in [2.05, 4.69) is 10.0 Å². The van der Waals surface area contributed by atoms with Crippen molar-refractivity contribution in [3.63, 3.8) is 0 Å². The maximum absolute atomic E-state index is 13.3. The Labute approximate surface area is 153 Å². The minimum absolute atomic E-state index is 0.0736. The molecule has 2 aromatic rings. The van der Waals surface area contributed by atoms with Gasteiger partial charge in [-0.25, -0.2) is 26.3 Å². The molecule has 11 heteroatoms. The van der Waals surface area contributed by atoms with Gasteiger partial charge in [-0.05, 0) is 13.0 Å². The molecule has 1 aromatic carbocycles. The number of carbonyl (C=O) groups excluding carboxylic acids is 1. The Morgan fingerprint density at radius 1 is 1.19 bits per heavy atom. The van der Waals surface area contributed by atoms with Crippen LogP contribution in [0.5, 0.6) is 0 Å². The van der Waals surface area contributed by atoms with E-state index in [4.69, 9.17) is 4.74 Å². The average Bonchev–Trinajstić information content (AvgIpc) is 2.93. The number of nitrogens with zero attached hydrogens (tertiary/aromatic N) is 1. The standard InChI is InChI=1S/C16H16F3N3O4S/c1-16(7-26-8-16)21-27(24,25)10-5-13(22(2)6-10)15(23)20-9-3-11(17)14(19)12(18)4-9/h3-6,21H,7-8H2,1-2H3,(H,20,23). The predicted octanol–water partition coefficient (Wildman–Crippen LogP) is 1.76. The third-order valence-electron chi connectivity index (χ3n) is 3.99. The highest BCUT2D eigenvalue weighted by atomic mass is 32.2. The summed E-state index contributed by atoms with van der Waals surface area (Å²) in [5.41, 5.74) is -1.10. The van der Waals surface area contributed by atoms with Gasteiger partial charge in [0.2, 0.25) is 10.0 Å². The number of carbonyl (C=O) groups is 1. The van der Waals surface area contributed by atoms with E-state index in [1.807, 2.05) is 0 Å². The lowest BCUT2D eigenvalue weighted by molar-refractivity contribution is -0.0523. The van der Waals surface area contributed by atoms with Crippen LogP contribution >= 0.6 is 0 Å². The molecule has 2 heterocycles. The first-order chi connectivity index (χ1) is 12.5. The van der Waals surface area contributed by atoms with E-state index in [1.165, 1.54) is 17.8 Å². The molecule has 7 nitrogen and oxygen atoms in total. The molecular weight excluding hydrogens is 387 g/mol. The van der Waals surface area contributed by atoms with Crippen LogP contribution in [0.15, 0.2) is 29.3 Å². The fourth-order valence-electron chi connectivity index (χ4n) is 2.58. The van der Waals surface area contributed by atoms with Gasteiger partial charge in [0.05, 0.1) is 18.8 Å². The predicted molar refractivity (Wildman–Crippen MR) is 89.2 cm³/mol. The smallest absolute Gasteiger partial charge is 0.272 e. The lowest BCUT2D eigenvalue weighted by Crippen LogP contribution is -2.59. The molecule has 146 valence electrons. The summed E-state index contributed by atoms with van der Waals surface area (Å²) in [4.78, 5) is 12.2. The van der Waals surface area contributed by atoms with Crippen LogP contribution in [-0.2, 0) is 21.8 Å². The largest absolute Gasteiger partial charge is 0.377 e. The van der Waals surface area contributed by atoms with E-state index in [-0.39, 0.29) is 29.5 Å². The van der Waals surface area contributed by atoms with Crippen molar-refractivity contribution in [1.82, 2.24) is 9.29 Å². The van der Waals surface area contributed by atoms with Crippen molar-refractivity contribution in [1.29, 1.82) is 0 Å². The highest BCUT2D eigenvalue weighted by molar-refractivity contribution is 7.89. The Balaban J connectivity index is 1.82. The van der Waals surface area contributed by atoms with Crippen molar-refractivity contribution < 1.29 is 31.1 Å². The lowest BCUT2D eigenvalue weighted by atomic mass is 10.0. The van der Waals surface area contributed by atoms with Crippen LogP contribution in [-0.4, -0.2) is 37.6 Å². The number of anilines is 1. The number of ether oxygens (including phenoxy) is 1. The first kappa shape index (κ1) is 19.4. The van der Waals surface area contributed by atoms with Crippen LogP contribution in [0, 0.1) is 17.5 Å². The zero-order valence-corrected chi connectivity index (χ0v) is 15.2. The SMILES string of the molecule is Cn1cc(S(=O)(=O)NC2(C)COC2)cc1C(=O)Nc1cc(F)c(F)c(F)c1. The number of rotatable bonds is 5. The summed E-state index contributed by atoms with van der Waals surface area (Å²) in [7, 11) is -2.47. The molecule has 1 fully saturated rings. The molecule has 0 atom stereocenters. The number of halogens is 3. The van der Waals surface area contributed by atoms with Crippen LogP contribution in [0.3, 0.4) is 0 Å². The molecule has 1 saturated heterocycles. The highest BCUT2D eigenvalue weighted by Gasteiger charge is 2.38. The third kappa shape index (κ3) is 3.84. The summed E-state index contributed by atoms with van der Waals surface area (Å²) < 4.78 is 73.2. The van der Waals surface area contributed by atoms with E-state index in [0.717, 1.165) is 6.07 Å². The van der Waals surface area contributed by atoms with Gasteiger partial charge < -0.3 is 14.6 Å². The number of benzene rings is 1. The molecular formula is C16H16F3N3O4S. The van der Waals surface area contributed by atoms with E-state index in [9.17, 15) is 26.4 Å². The van der Waals surface area contributed by atoms with Crippen molar-refractivity contribution in [2.45, 2.75) is 17.4 Å². The number of sulfonamides is 1. The fraction of sp³-hybridized carbons (Fsp3) is 0.312. The second-order valence-electron chi connectivity index (χ2n) is 6.54. The minimum atomic E-state index is -3.91. The fourth-order valence-corrected chi connectivity index (χ4v) is 4.03. The van der Waals surface area contributed by atoms with E-state index < -0.39 is 38.9 Å². The summed E-state index contributed by atoms with van der Waals surface area (Å²) in [6.45, 7) is 2.14. The van der Waals surface area contributed by atoms with Gasteiger partial charge in [-0.1, -0.05) is 0 Å². The number of amides is 1. The van der Waals surface area contributed by atoms with Crippen LogP contribution in [0.1, 0.15) is 17.4 Å². The Morgan fingerprint density at radius 2 is 1.78 bits per heavy atom. The van der Waals surface area contributed by atoms with Gasteiger partial charge in [-0.2, -0.15) is 0 Å². The minimum Gasteiger partial charge on any atom is -0.377 e. The van der Waals surface area contributed by atoms with Gasteiger partial charge >= 0.3 is 0 Å². The number of aromatic nitrogens is 1. The van der Waals surface area contributed by atoms with E-state index in [1.54, 1.807) is 6.92 Å². The average molecular weight is 403 g/mol. The number of hydrogen-bond acceptors (Lipinski definition) is 4. The van der Waals surface area contributed by atoms with E-state index in [0.29, 0.717) is 12.1 Å². The summed E-state index contributed by atoms with van der Waals surface area (Å²) in [6.07, 6.45) is 1.23. The molecule has 1 amide bonds. The summed E-state index contributed by atoms with van der Waals surface area (Å²) in [5.74, 6) is -5.39. The molecule has 0 saturated carbocycles. The summed E-state index contributed by atoms with van der Waals surface area (Å²) in [5, 5.41) is 2.20. The second-order valence-corrected chi connectivity index (χ2v) is 8.22. The molecule has 0 spiro atoms. The van der Waals surface area contributed by atoms with E-state index >= 15 is 0 Å². The van der Waals surface area contributed by atoms with Gasteiger partial charge in [0, 0.05) is 31.1 Å². The molecule has 2 N–H and O–H groups in total. The zero-order chi connectivity index (χ0) is 20.0. The van der Waals surface area contributed by atoms with Gasteiger partial charge in [0.15, 0.2) is 17.5 Å². The lowest BCUT2D eigenvalue weighted by Gasteiger charge is -2.38. The van der Waals surface area contributed by atoms with Crippen LogP contribution < -0.4 is 10.0 Å². The normalized spacial score (nSPS) is 16.0. The summed E-state index contributed by atoms with van der Waals surface area (Å²) >= 11 is 0. The first-order valence-corrected chi connectivity index (χ1v) is 9.23. The van der Waals surface area contributed by atoms with Gasteiger partial charge in [-0.3, -0.25) is 4.79 Å². The van der Waals surface area contributed by atoms with Gasteiger partial charge in [0.25, 0.3) is 5.91 Å². The third-order valence-corrected chi connectivity index (χ3v) is 5.59. The van der Waals surface area contributed by atoms with Gasteiger partial charge in [-0.15, -0.1) is 0 Å². The van der Waals surface area contributed by atoms with Crippen molar-refractivity contribution in [2.75, 3.05) is 18.5 Å². The number of hydrogen-bond donors (Lipinski definition) is 2. The summed E-state index contributed by atoms with van der Waals surface area (Å²) in [6, 6.07) is 2.36. The molecule has 1 aromatic heterocycles. The van der Waals surface area contributed by atoms with Crippen molar-refractivity contribution in [3.05, 3.63) is 47.5 Å². The van der Waals surface area contributed by atoms with Crippen molar-refractivity contribution >= 4 is 21.6 Å². The molecule has 0 unspecified atom stereocenters. The Hall–Kier alpha value is -2.37. The molecule has 3 rings (SSSR count). The second kappa shape index (κ2) is 6.66. The number of aryl methyl sites for hydroxylation is 1. The Morgan fingerprint density at radius 3 is 2.30 bits per heavy atom. The van der Waals surface area contributed by atoms with Crippen molar-refractivity contribution in [2.24, 2.45) is 7.05 Å². The first-order valence-electron chi connectivity index (χ1n) is 7.75. The molecule has 27 heavy (non-hydrogen) atoms. The molecule has 0 radical (unpaired) electrons. The highest BCUT2D eigenvalue weighted by Crippen LogP contribution is 2.22. The monoisotopic (exact) mass is 403 g/mol. The zero-order valence-electron chi connectivity index (χ0n) is 14.3. The van der Waals surface area contributed by atoms with Crippen LogP contribution in [0.2, 0.25) is 0 Å². The molecule has 1 aliphatic rings. The molecule has 0 bridgehead atoms. The maximum atomic E-state index is 13.3. The van der Waals surface area contributed by atoms with Gasteiger partial charge in [0.1, 0.15) is 10.6 Å². The number of nitrogens with one attached hydrogen (secondary N) is 2. The molecule has 1 aliphatic heterocycles. The topological polar surface area (TPSA) is 89.4 Å². The Kier molecular flexibility index (Phi) is 4.78. The van der Waals surface area contributed by atoms with Crippen molar-refractivity contribution in [3.8, 4) is 0 Å². The quantitative estimate of drug-likeness (QED) is 0.745. The molecule has 0 aliphatic carbocycles. The van der Waals surface area contributed by atoms with Crippen LogP contribution in [0.4, 0.5) is 18.9 Å². The maximum Gasteiger partial charge on any atom is 0.272 e. The van der Waals surface area contributed by atoms with Crippen LogP contribution in [0.25, 0.3) is 0 Å². The Bertz CT molecular complexity index is 993.